The van der Waals surface area contributed by atoms with E-state index in [1.165, 1.54) is 12.1 Å². The maximum Gasteiger partial charge on any atom is 0.355 e. The monoisotopic (exact) mass is 570 g/mol. The first-order chi connectivity index (χ1) is 14.6. The molecular formula is C18H6Cl4O5S4. The Bertz CT molecular complexity index is 1600. The topological polar surface area (TPSA) is 81.4 Å². The van der Waals surface area contributed by atoms with Crippen molar-refractivity contribution in [2.24, 2.45) is 0 Å². The quantitative estimate of drug-likeness (QED) is 0.244. The minimum Gasteiger partial charge on any atom is -0.421 e. The molecule has 4 aromatic rings. The van der Waals surface area contributed by atoms with Crippen LogP contribution in [0.4, 0.5) is 0 Å². The molecule has 160 valence electrons. The van der Waals surface area contributed by atoms with Crippen LogP contribution in [0.25, 0.3) is 21.1 Å². The van der Waals surface area contributed by atoms with Crippen molar-refractivity contribution < 1.29 is 12.8 Å². The predicted octanol–water partition coefficient (Wildman–Crippen LogP) is 7.00. The van der Waals surface area contributed by atoms with Crippen molar-refractivity contribution in [3.63, 3.8) is 0 Å². The molecule has 0 amide bonds. The number of benzene rings is 2. The van der Waals surface area contributed by atoms with Gasteiger partial charge in [-0.15, -0.1) is 0 Å². The normalized spacial score (nSPS) is 12.0. The summed E-state index contributed by atoms with van der Waals surface area (Å²) in [5.74, 6) is 0. The van der Waals surface area contributed by atoms with Crippen molar-refractivity contribution in [3.05, 3.63) is 66.4 Å². The number of rotatable bonds is 4. The molecule has 2 aromatic carbocycles. The summed E-state index contributed by atoms with van der Waals surface area (Å²) < 4.78 is 31.4. The molecule has 0 bridgehead atoms. The van der Waals surface area contributed by atoms with Crippen molar-refractivity contribution in [2.75, 3.05) is 0 Å². The third-order valence-corrected chi connectivity index (χ3v) is 9.70. The van der Waals surface area contributed by atoms with Crippen LogP contribution >= 0.6 is 77.9 Å². The molecule has 4 rings (SSSR count). The average molecular weight is 572 g/mol. The fraction of sp³-hybridized carbons (Fsp3) is 0. The van der Waals surface area contributed by atoms with Crippen molar-refractivity contribution in [3.8, 4) is 0 Å². The second-order valence-electron chi connectivity index (χ2n) is 6.10. The van der Waals surface area contributed by atoms with Gasteiger partial charge in [0.2, 0.25) is 9.84 Å². The lowest BCUT2D eigenvalue weighted by Crippen LogP contribution is -2.19. The third kappa shape index (κ3) is 4.22. The first kappa shape index (κ1) is 23.3. The maximum absolute atomic E-state index is 13.3. The number of hydrogen-bond acceptors (Lipinski definition) is 8. The number of hydrogen-bond donors (Lipinski definition) is 0. The number of halogens is 4. The van der Waals surface area contributed by atoms with Gasteiger partial charge >= 0.3 is 5.63 Å². The molecule has 0 fully saturated rings. The number of sulfone groups is 1. The average Bonchev–Trinajstić information content (AvgIpc) is 2.72. The van der Waals surface area contributed by atoms with Crippen molar-refractivity contribution in [1.29, 1.82) is 0 Å². The van der Waals surface area contributed by atoms with E-state index >= 15 is 0 Å². The highest BCUT2D eigenvalue weighted by Gasteiger charge is 2.28. The Morgan fingerprint density at radius 2 is 1.58 bits per heavy atom. The molecule has 0 spiro atoms. The molecule has 0 aliphatic carbocycles. The molecule has 0 saturated carbocycles. The Hall–Kier alpha value is -0.910. The zero-order valence-corrected chi connectivity index (χ0v) is 20.9. The molecule has 0 aliphatic rings. The van der Waals surface area contributed by atoms with E-state index in [-0.39, 0.29) is 21.0 Å². The number of fused-ring (bicyclic) bond motifs is 2. The Labute approximate surface area is 206 Å². The molecular weight excluding hydrogens is 566 g/mol. The van der Waals surface area contributed by atoms with Gasteiger partial charge in [0.1, 0.15) is 4.90 Å². The molecule has 0 saturated heterocycles. The van der Waals surface area contributed by atoms with Crippen LogP contribution in [-0.4, -0.2) is 8.42 Å². The van der Waals surface area contributed by atoms with Gasteiger partial charge in [-0.1, -0.05) is 34.5 Å². The Morgan fingerprint density at radius 1 is 0.871 bits per heavy atom. The largest absolute Gasteiger partial charge is 0.421 e. The highest BCUT2D eigenvalue weighted by Crippen LogP contribution is 2.37. The Kier molecular flexibility index (Phi) is 6.60. The van der Waals surface area contributed by atoms with Gasteiger partial charge in [0.05, 0.1) is 14.6 Å². The summed E-state index contributed by atoms with van der Waals surface area (Å²) in [6.45, 7) is 0. The van der Waals surface area contributed by atoms with Crippen LogP contribution in [-0.2, 0) is 9.84 Å². The molecule has 0 unspecified atom stereocenters. The van der Waals surface area contributed by atoms with Crippen LogP contribution in [0.3, 0.4) is 0 Å². The molecule has 2 heterocycles. The van der Waals surface area contributed by atoms with Gasteiger partial charge in [-0.25, -0.2) is 13.2 Å². The van der Waals surface area contributed by atoms with Crippen LogP contribution < -0.4 is 10.4 Å². The first-order valence-corrected chi connectivity index (χ1v) is 14.4. The van der Waals surface area contributed by atoms with E-state index < -0.39 is 30.0 Å². The fourth-order valence-electron chi connectivity index (χ4n) is 2.89. The minimum absolute atomic E-state index is 0.112. The molecule has 0 N–H and O–H groups in total. The zero-order chi connectivity index (χ0) is 22.5. The summed E-state index contributed by atoms with van der Waals surface area (Å²) in [6, 6.07) is 8.37. The predicted molar refractivity (Wildman–Crippen MR) is 129 cm³/mol. The van der Waals surface area contributed by atoms with Crippen LogP contribution in [0.5, 0.6) is 0 Å². The van der Waals surface area contributed by atoms with Crippen molar-refractivity contribution in [1.82, 2.24) is 0 Å². The van der Waals surface area contributed by atoms with Crippen molar-refractivity contribution in [2.45, 2.75) is 19.6 Å². The van der Waals surface area contributed by atoms with Gasteiger partial charge in [0, 0.05) is 15.3 Å². The molecule has 0 radical (unpaired) electrons. The zero-order valence-electron chi connectivity index (χ0n) is 14.7. The van der Waals surface area contributed by atoms with Gasteiger partial charge in [0.15, 0.2) is 10.5 Å². The Balaban J connectivity index is 2.01. The molecule has 5 nitrogen and oxygen atoms in total. The van der Waals surface area contributed by atoms with Crippen molar-refractivity contribution >= 4 is 109 Å². The van der Waals surface area contributed by atoms with E-state index in [2.05, 4.69) is 0 Å². The van der Waals surface area contributed by atoms with Crippen LogP contribution in [0, 0.1) is 0 Å². The van der Waals surface area contributed by atoms with E-state index in [9.17, 15) is 18.0 Å². The maximum atomic E-state index is 13.3. The minimum atomic E-state index is -4.52. The highest BCUT2D eigenvalue weighted by atomic mass is 35.7. The molecule has 0 atom stereocenters. The fourth-order valence-corrected chi connectivity index (χ4v) is 7.41. The summed E-state index contributed by atoms with van der Waals surface area (Å²) in [4.78, 5) is 24.9. The molecule has 2 aromatic heterocycles. The first-order valence-electron chi connectivity index (χ1n) is 8.03. The Morgan fingerprint density at radius 3 is 2.26 bits per heavy atom. The van der Waals surface area contributed by atoms with E-state index in [4.69, 9.17) is 49.0 Å². The SMILES string of the molecule is O=c1oc2c(SCl)cc(SCl)cc2cc1S(=O)(=O)c1cc2cc(Cl)cc(Cl)c2sc1=O. The van der Waals surface area contributed by atoms with Crippen LogP contribution in [0.1, 0.15) is 0 Å². The summed E-state index contributed by atoms with van der Waals surface area (Å²) >= 11 is 12.8. The summed E-state index contributed by atoms with van der Waals surface area (Å²) in [7, 11) is 8.81. The van der Waals surface area contributed by atoms with Gasteiger partial charge in [-0.3, -0.25) is 4.79 Å². The molecule has 0 aliphatic heterocycles. The lowest BCUT2D eigenvalue weighted by molar-refractivity contribution is 0.527. The second kappa shape index (κ2) is 8.79. The lowest BCUT2D eigenvalue weighted by atomic mass is 10.2. The lowest BCUT2D eigenvalue weighted by Gasteiger charge is -2.08. The van der Waals surface area contributed by atoms with E-state index in [1.807, 2.05) is 0 Å². The van der Waals surface area contributed by atoms with Crippen LogP contribution in [0.2, 0.25) is 10.0 Å². The summed E-state index contributed by atoms with van der Waals surface area (Å²) in [6.07, 6.45) is 0. The third-order valence-electron chi connectivity index (χ3n) is 4.21. The van der Waals surface area contributed by atoms with Gasteiger partial charge in [0.25, 0.3) is 4.74 Å². The summed E-state index contributed by atoms with van der Waals surface area (Å²) in [5, 5.41) is 1.13. The second-order valence-corrected chi connectivity index (χ2v) is 12.0. The van der Waals surface area contributed by atoms with E-state index in [1.54, 1.807) is 12.1 Å². The van der Waals surface area contributed by atoms with Crippen LogP contribution in [0.15, 0.2) is 70.0 Å². The standard InChI is InChI=1S/C18H6Cl4O5S4/c19-9-1-8-4-14(18(24)28-16(8)11(20)5-9)31(25,26)13-3-7-2-10(29-21)6-12(30-22)15(7)27-17(13)23/h1-6H. The van der Waals surface area contributed by atoms with E-state index in [0.717, 1.165) is 34.1 Å². The molecule has 31 heavy (non-hydrogen) atoms. The van der Waals surface area contributed by atoms with E-state index in [0.29, 0.717) is 31.2 Å². The highest BCUT2D eigenvalue weighted by molar-refractivity contribution is 8.21. The van der Waals surface area contributed by atoms with Gasteiger partial charge in [-0.2, -0.15) is 0 Å². The molecule has 13 heteroatoms. The smallest absolute Gasteiger partial charge is 0.355 e. The summed E-state index contributed by atoms with van der Waals surface area (Å²) in [5.41, 5.74) is -1.01. The van der Waals surface area contributed by atoms with Gasteiger partial charge < -0.3 is 4.42 Å². The van der Waals surface area contributed by atoms with Gasteiger partial charge in [-0.05, 0) is 85.1 Å².